The van der Waals surface area contributed by atoms with Gasteiger partial charge in [0.15, 0.2) is 0 Å². The van der Waals surface area contributed by atoms with Crippen LogP contribution in [-0.4, -0.2) is 48.8 Å². The Morgan fingerprint density at radius 3 is 1.84 bits per heavy atom. The molecule has 2 aromatic rings. The lowest BCUT2D eigenvalue weighted by molar-refractivity contribution is -0.139. The molecule has 1 aliphatic rings. The molecule has 1 saturated heterocycles. The molecular formula is C20H23ClN2O2. The van der Waals surface area contributed by atoms with Crippen molar-refractivity contribution >= 4 is 24.2 Å². The van der Waals surface area contributed by atoms with E-state index < -0.39 is 5.41 Å². The summed E-state index contributed by atoms with van der Waals surface area (Å²) < 4.78 is 0. The molecule has 1 aliphatic heterocycles. The van der Waals surface area contributed by atoms with Crippen LogP contribution in [0.25, 0.3) is 0 Å². The molecular weight excluding hydrogens is 336 g/mol. The van der Waals surface area contributed by atoms with Crippen LogP contribution in [0, 0.1) is 0 Å². The molecule has 0 aromatic heterocycles. The first-order valence-corrected chi connectivity index (χ1v) is 8.16. The van der Waals surface area contributed by atoms with E-state index >= 15 is 0 Å². The van der Waals surface area contributed by atoms with E-state index in [1.54, 1.807) is 0 Å². The van der Waals surface area contributed by atoms with Gasteiger partial charge in [0.05, 0.1) is 0 Å². The van der Waals surface area contributed by atoms with Crippen molar-refractivity contribution in [3.8, 4) is 0 Å². The van der Waals surface area contributed by atoms with E-state index in [1.807, 2.05) is 79.7 Å². The van der Waals surface area contributed by atoms with E-state index in [4.69, 9.17) is 0 Å². The largest absolute Gasteiger partial charge is 0.308 e. The van der Waals surface area contributed by atoms with E-state index in [0.29, 0.717) is 13.1 Å². The molecule has 0 atom stereocenters. The number of benzene rings is 2. The minimum atomic E-state index is -0.911. The van der Waals surface area contributed by atoms with Crippen molar-refractivity contribution in [2.45, 2.75) is 11.8 Å². The van der Waals surface area contributed by atoms with Crippen molar-refractivity contribution in [1.29, 1.82) is 0 Å². The van der Waals surface area contributed by atoms with Gasteiger partial charge < -0.3 is 4.90 Å². The Morgan fingerprint density at radius 2 is 1.40 bits per heavy atom. The normalized spacial score (nSPS) is 16.2. The van der Waals surface area contributed by atoms with Crippen LogP contribution in [0.1, 0.15) is 17.5 Å². The van der Waals surface area contributed by atoms with Crippen LogP contribution in [-0.2, 0) is 15.0 Å². The maximum Gasteiger partial charge on any atom is 0.244 e. The van der Waals surface area contributed by atoms with E-state index in [-0.39, 0.29) is 30.6 Å². The van der Waals surface area contributed by atoms with Crippen molar-refractivity contribution in [2.24, 2.45) is 0 Å². The lowest BCUT2D eigenvalue weighted by atomic mass is 9.73. The van der Waals surface area contributed by atoms with Crippen molar-refractivity contribution in [3.63, 3.8) is 0 Å². The molecule has 3 rings (SSSR count). The minimum Gasteiger partial charge on any atom is -0.308 e. The van der Waals surface area contributed by atoms with Crippen LogP contribution < -0.4 is 0 Å². The van der Waals surface area contributed by atoms with Crippen LogP contribution in [0.5, 0.6) is 0 Å². The zero-order chi connectivity index (χ0) is 17.2. The zero-order valence-corrected chi connectivity index (χ0v) is 15.3. The summed E-state index contributed by atoms with van der Waals surface area (Å²) in [7, 11) is 3.87. The number of likely N-dealkylation sites (tertiary alicyclic amines) is 1. The summed E-state index contributed by atoms with van der Waals surface area (Å²) in [5.74, 6) is -0.221. The predicted octanol–water partition coefficient (Wildman–Crippen LogP) is 2.72. The second-order valence-electron chi connectivity index (χ2n) is 6.47. The summed E-state index contributed by atoms with van der Waals surface area (Å²) in [5, 5.41) is 0. The van der Waals surface area contributed by atoms with Gasteiger partial charge in [0.2, 0.25) is 11.8 Å². The van der Waals surface area contributed by atoms with Gasteiger partial charge in [-0.15, -0.1) is 12.4 Å². The number of imide groups is 1. The molecule has 2 amide bonds. The highest BCUT2D eigenvalue weighted by atomic mass is 35.5. The Bertz CT molecular complexity index is 692. The Labute approximate surface area is 154 Å². The maximum absolute atomic E-state index is 13.3. The van der Waals surface area contributed by atoms with E-state index in [1.165, 1.54) is 4.90 Å². The van der Waals surface area contributed by atoms with Crippen LogP contribution in [0.2, 0.25) is 0 Å². The molecule has 0 spiro atoms. The zero-order valence-electron chi connectivity index (χ0n) is 14.5. The molecule has 0 N–H and O–H groups in total. The lowest BCUT2D eigenvalue weighted by Crippen LogP contribution is -2.41. The first-order chi connectivity index (χ1) is 11.6. The molecule has 1 heterocycles. The Hall–Kier alpha value is -2.17. The topological polar surface area (TPSA) is 40.6 Å². The fraction of sp³-hybridized carbons (Fsp3) is 0.300. The number of carbonyl (C=O) groups excluding carboxylic acids is 2. The summed E-state index contributed by atoms with van der Waals surface area (Å²) in [6, 6.07) is 19.3. The smallest absolute Gasteiger partial charge is 0.244 e. The molecule has 25 heavy (non-hydrogen) atoms. The summed E-state index contributed by atoms with van der Waals surface area (Å²) in [6.07, 6.45) is 0.188. The molecule has 132 valence electrons. The van der Waals surface area contributed by atoms with E-state index in [2.05, 4.69) is 0 Å². The monoisotopic (exact) mass is 358 g/mol. The Balaban J connectivity index is 0.00000225. The van der Waals surface area contributed by atoms with Gasteiger partial charge >= 0.3 is 0 Å². The van der Waals surface area contributed by atoms with Crippen molar-refractivity contribution in [2.75, 3.05) is 27.2 Å². The van der Waals surface area contributed by atoms with Gasteiger partial charge in [-0.1, -0.05) is 60.7 Å². The average molecular weight is 359 g/mol. The molecule has 2 aromatic carbocycles. The first kappa shape index (κ1) is 19.2. The molecule has 0 aliphatic carbocycles. The summed E-state index contributed by atoms with van der Waals surface area (Å²) in [5.41, 5.74) is 0.843. The van der Waals surface area contributed by atoms with Crippen molar-refractivity contribution < 1.29 is 9.59 Å². The number of hydrogen-bond donors (Lipinski definition) is 0. The lowest BCUT2D eigenvalue weighted by Gasteiger charge is -2.28. The van der Waals surface area contributed by atoms with Gasteiger partial charge in [-0.3, -0.25) is 14.5 Å². The number of hydrogen-bond acceptors (Lipinski definition) is 3. The van der Waals surface area contributed by atoms with Gasteiger partial charge in [-0.05, 0) is 25.2 Å². The van der Waals surface area contributed by atoms with Gasteiger partial charge in [0.25, 0.3) is 0 Å². The summed E-state index contributed by atoms with van der Waals surface area (Å²) in [4.78, 5) is 29.4. The highest BCUT2D eigenvalue weighted by molar-refractivity contribution is 6.11. The third-order valence-corrected chi connectivity index (χ3v) is 4.63. The van der Waals surface area contributed by atoms with Crippen molar-refractivity contribution in [1.82, 2.24) is 9.80 Å². The summed E-state index contributed by atoms with van der Waals surface area (Å²) >= 11 is 0. The molecule has 1 fully saturated rings. The van der Waals surface area contributed by atoms with Crippen LogP contribution >= 0.6 is 12.4 Å². The van der Waals surface area contributed by atoms with E-state index in [0.717, 1.165) is 11.1 Å². The summed E-state index contributed by atoms with van der Waals surface area (Å²) in [6.45, 7) is 1.09. The second-order valence-corrected chi connectivity index (χ2v) is 6.47. The molecule has 0 radical (unpaired) electrons. The number of carbonyl (C=O) groups is 2. The van der Waals surface area contributed by atoms with Crippen LogP contribution in [0.4, 0.5) is 0 Å². The van der Waals surface area contributed by atoms with Gasteiger partial charge in [-0.25, -0.2) is 0 Å². The average Bonchev–Trinajstić information content (AvgIpc) is 2.86. The minimum absolute atomic E-state index is 0. The highest BCUT2D eigenvalue weighted by Gasteiger charge is 2.53. The Morgan fingerprint density at radius 1 is 0.920 bits per heavy atom. The fourth-order valence-electron chi connectivity index (χ4n) is 3.33. The number of halogens is 1. The van der Waals surface area contributed by atoms with Gasteiger partial charge in [-0.2, -0.15) is 0 Å². The standard InChI is InChI=1S/C20H22N2O2.ClH/c1-21(2)13-14-22-18(23)15-20(19(22)24,16-9-5-3-6-10-16)17-11-7-4-8-12-17;/h3-12H,13-15H2,1-2H3;1H. The molecule has 5 heteroatoms. The van der Waals surface area contributed by atoms with Crippen LogP contribution in [0.3, 0.4) is 0 Å². The predicted molar refractivity (Wildman–Crippen MR) is 101 cm³/mol. The van der Waals surface area contributed by atoms with Crippen molar-refractivity contribution in [3.05, 3.63) is 71.8 Å². The Kier molecular flexibility index (Phi) is 5.98. The number of likely N-dealkylation sites (N-methyl/N-ethyl adjacent to an activating group) is 1. The van der Waals surface area contributed by atoms with Gasteiger partial charge in [0.1, 0.15) is 5.41 Å². The molecule has 0 unspecified atom stereocenters. The SMILES string of the molecule is CN(C)CCN1C(=O)CC(c2ccccc2)(c2ccccc2)C1=O.Cl. The molecule has 0 bridgehead atoms. The third-order valence-electron chi connectivity index (χ3n) is 4.63. The quantitative estimate of drug-likeness (QED) is 0.772. The fourth-order valence-corrected chi connectivity index (χ4v) is 3.33. The number of nitrogens with zero attached hydrogens (tertiary/aromatic N) is 2. The third kappa shape index (κ3) is 3.46. The highest BCUT2D eigenvalue weighted by Crippen LogP contribution is 2.42. The maximum atomic E-state index is 13.3. The second kappa shape index (κ2) is 7.81. The van der Waals surface area contributed by atoms with Gasteiger partial charge in [0, 0.05) is 19.5 Å². The number of amides is 2. The molecule has 4 nitrogen and oxygen atoms in total. The first-order valence-electron chi connectivity index (χ1n) is 8.16. The molecule has 0 saturated carbocycles. The van der Waals surface area contributed by atoms with E-state index in [9.17, 15) is 9.59 Å². The number of rotatable bonds is 5. The van der Waals surface area contributed by atoms with Crippen LogP contribution in [0.15, 0.2) is 60.7 Å².